The number of benzene rings is 4. The Morgan fingerprint density at radius 1 is 0.500 bits per heavy atom. The second-order valence-electron chi connectivity index (χ2n) is 6.60. The van der Waals surface area contributed by atoms with Crippen molar-refractivity contribution in [3.05, 3.63) is 133 Å². The summed E-state index contributed by atoms with van der Waals surface area (Å²) in [6.45, 7) is 0. The number of hydrogen-bond donors (Lipinski definition) is 1. The third-order valence-electron chi connectivity index (χ3n) is 5.02. The molecule has 0 aliphatic carbocycles. The Bertz CT molecular complexity index is 946. The number of rotatable bonds is 5. The Kier molecular flexibility index (Phi) is 5.37. The molecular weight excluding hydrogens is 357 g/mol. The lowest BCUT2D eigenvalue weighted by atomic mass is 10.2. The maximum atomic E-state index is 6.37. The zero-order valence-electron chi connectivity index (χ0n) is 15.6. The molecule has 0 saturated heterocycles. The molecule has 2 N–H and O–H groups in total. The first-order chi connectivity index (χ1) is 13.9. The Morgan fingerprint density at radius 2 is 0.821 bits per heavy atom. The Hall–Kier alpha value is -3.15. The fraction of sp³-hybridized carbons (Fsp3) is 0. The molecule has 0 atom stereocenters. The lowest BCUT2D eigenvalue weighted by Gasteiger charge is -2.29. The molecule has 0 spiro atoms. The predicted molar refractivity (Wildman–Crippen MR) is 124 cm³/mol. The molecule has 0 aromatic heterocycles. The maximum absolute atomic E-state index is 6.37. The van der Waals surface area contributed by atoms with Crippen LogP contribution in [0.15, 0.2) is 128 Å². The molecule has 4 aromatic carbocycles. The van der Waals surface area contributed by atoms with E-state index in [4.69, 9.17) is 5.73 Å². The van der Waals surface area contributed by atoms with E-state index in [1.54, 1.807) is 0 Å². The molecule has 136 valence electrons. The summed E-state index contributed by atoms with van der Waals surface area (Å²) in [7, 11) is -2.15. The minimum absolute atomic E-state index is 1.16. The van der Waals surface area contributed by atoms with E-state index in [1.165, 1.54) is 21.2 Å². The van der Waals surface area contributed by atoms with Crippen molar-refractivity contribution in [2.45, 2.75) is 0 Å². The second kappa shape index (κ2) is 8.25. The summed E-state index contributed by atoms with van der Waals surface area (Å²) in [5, 5.41) is 5.07. The van der Waals surface area contributed by atoms with Gasteiger partial charge >= 0.3 is 0 Å². The van der Waals surface area contributed by atoms with Gasteiger partial charge in [0.25, 0.3) is 0 Å². The Labute approximate surface area is 167 Å². The van der Waals surface area contributed by atoms with Crippen molar-refractivity contribution in [3.8, 4) is 0 Å². The molecule has 2 heteroatoms. The zero-order chi connectivity index (χ0) is 19.2. The van der Waals surface area contributed by atoms with E-state index < -0.39 is 7.26 Å². The van der Waals surface area contributed by atoms with Gasteiger partial charge in [-0.1, -0.05) is 84.9 Å². The molecule has 0 heterocycles. The van der Waals surface area contributed by atoms with Crippen molar-refractivity contribution in [2.24, 2.45) is 5.73 Å². The molecule has 28 heavy (non-hydrogen) atoms. The summed E-state index contributed by atoms with van der Waals surface area (Å²) < 4.78 is 0. The van der Waals surface area contributed by atoms with Gasteiger partial charge in [-0.25, -0.2) is 0 Å². The highest BCUT2D eigenvalue weighted by Crippen LogP contribution is 2.65. The lowest BCUT2D eigenvalue weighted by Crippen LogP contribution is -2.32. The van der Waals surface area contributed by atoms with Gasteiger partial charge in [0.15, 0.2) is 0 Å². The summed E-state index contributed by atoms with van der Waals surface area (Å²) in [5.41, 5.74) is 7.53. The van der Waals surface area contributed by atoms with Gasteiger partial charge in [-0.3, -0.25) is 0 Å². The van der Waals surface area contributed by atoms with Gasteiger partial charge in [0.1, 0.15) is 28.5 Å². The first-order valence-electron chi connectivity index (χ1n) is 9.41. The van der Waals surface area contributed by atoms with Crippen LogP contribution in [0.4, 0.5) is 0 Å². The third-order valence-corrected chi connectivity index (χ3v) is 9.37. The first-order valence-corrected chi connectivity index (χ1v) is 11.2. The summed E-state index contributed by atoms with van der Waals surface area (Å²) in [6, 6.07) is 42.9. The SMILES string of the molecule is N/C=C(\c1ccccc1)[P+](c1ccccc1)(c1ccccc1)c1ccccc1. The Balaban J connectivity index is 2.13. The zero-order valence-corrected chi connectivity index (χ0v) is 16.5. The molecule has 0 aliphatic heterocycles. The van der Waals surface area contributed by atoms with E-state index >= 15 is 0 Å². The average Bonchev–Trinajstić information content (AvgIpc) is 2.80. The number of nitrogens with two attached hydrogens (primary N) is 1. The van der Waals surface area contributed by atoms with Crippen molar-refractivity contribution in [3.63, 3.8) is 0 Å². The Morgan fingerprint density at radius 3 is 1.14 bits per heavy atom. The number of hydrogen-bond acceptors (Lipinski definition) is 1. The average molecular weight is 380 g/mol. The molecule has 1 nitrogen and oxygen atoms in total. The van der Waals surface area contributed by atoms with E-state index in [-0.39, 0.29) is 0 Å². The highest BCUT2D eigenvalue weighted by Gasteiger charge is 2.49. The van der Waals surface area contributed by atoms with Crippen LogP contribution in [0.5, 0.6) is 0 Å². The van der Waals surface area contributed by atoms with Gasteiger partial charge in [0, 0.05) is 11.8 Å². The van der Waals surface area contributed by atoms with Gasteiger partial charge in [-0.05, 0) is 36.4 Å². The van der Waals surface area contributed by atoms with Crippen LogP contribution >= 0.6 is 7.26 Å². The van der Waals surface area contributed by atoms with Crippen molar-refractivity contribution in [1.82, 2.24) is 0 Å². The highest BCUT2D eigenvalue weighted by atomic mass is 31.2. The minimum atomic E-state index is -2.15. The fourth-order valence-electron chi connectivity index (χ4n) is 3.83. The fourth-order valence-corrected chi connectivity index (χ4v) is 8.18. The topological polar surface area (TPSA) is 26.0 Å². The standard InChI is InChI=1S/C26H23NP/c27-21-26(22-13-5-1-6-14-22)28(23-15-7-2-8-16-23,24-17-9-3-10-18-24)25-19-11-4-12-20-25/h1-21H,27H2/q+1/b26-21+. The van der Waals surface area contributed by atoms with Gasteiger partial charge in [0.2, 0.25) is 0 Å². The molecule has 0 saturated carbocycles. The van der Waals surface area contributed by atoms with Crippen LogP contribution < -0.4 is 21.6 Å². The van der Waals surface area contributed by atoms with Crippen LogP contribution in [0.1, 0.15) is 5.56 Å². The molecule has 0 aliphatic rings. The minimum Gasteiger partial charge on any atom is -0.401 e. The molecule has 0 bridgehead atoms. The molecule has 0 amide bonds. The summed E-state index contributed by atoms with van der Waals surface area (Å²) in [5.74, 6) is 0. The van der Waals surface area contributed by atoms with Gasteiger partial charge in [-0.2, -0.15) is 0 Å². The van der Waals surface area contributed by atoms with Crippen LogP contribution in [0, 0.1) is 0 Å². The second-order valence-corrected chi connectivity index (χ2v) is 9.97. The monoisotopic (exact) mass is 380 g/mol. The smallest absolute Gasteiger partial charge is 0.146 e. The molecule has 0 fully saturated rings. The van der Waals surface area contributed by atoms with Crippen molar-refractivity contribution < 1.29 is 0 Å². The lowest BCUT2D eigenvalue weighted by molar-refractivity contribution is 1.58. The quantitative estimate of drug-likeness (QED) is 0.488. The van der Waals surface area contributed by atoms with Gasteiger partial charge in [0.05, 0.1) is 0 Å². The van der Waals surface area contributed by atoms with Crippen LogP contribution in [0.2, 0.25) is 0 Å². The van der Waals surface area contributed by atoms with Gasteiger partial charge in [-0.15, -0.1) is 0 Å². The van der Waals surface area contributed by atoms with Crippen LogP contribution in [0.25, 0.3) is 5.31 Å². The molecule has 0 radical (unpaired) electrons. The van der Waals surface area contributed by atoms with Crippen LogP contribution in [0.3, 0.4) is 0 Å². The summed E-state index contributed by atoms with van der Waals surface area (Å²) in [4.78, 5) is 0. The largest absolute Gasteiger partial charge is 0.401 e. The first kappa shape index (κ1) is 18.2. The van der Waals surface area contributed by atoms with Crippen molar-refractivity contribution >= 4 is 28.5 Å². The summed E-state index contributed by atoms with van der Waals surface area (Å²) >= 11 is 0. The molecule has 0 unspecified atom stereocenters. The highest BCUT2D eigenvalue weighted by molar-refractivity contribution is 8.03. The summed E-state index contributed by atoms with van der Waals surface area (Å²) in [6.07, 6.45) is 1.82. The molecule has 4 rings (SSSR count). The van der Waals surface area contributed by atoms with Crippen LogP contribution in [-0.2, 0) is 0 Å². The van der Waals surface area contributed by atoms with E-state index in [2.05, 4.69) is 115 Å². The van der Waals surface area contributed by atoms with Crippen molar-refractivity contribution in [1.29, 1.82) is 0 Å². The molecule has 4 aromatic rings. The third kappa shape index (κ3) is 3.15. The van der Waals surface area contributed by atoms with Crippen LogP contribution in [-0.4, -0.2) is 0 Å². The maximum Gasteiger partial charge on any atom is 0.146 e. The molecular formula is C26H23NP+. The van der Waals surface area contributed by atoms with E-state index in [1.807, 2.05) is 12.3 Å². The predicted octanol–water partition coefficient (Wildman–Crippen LogP) is 4.94. The van der Waals surface area contributed by atoms with Gasteiger partial charge < -0.3 is 5.73 Å². The van der Waals surface area contributed by atoms with Crippen molar-refractivity contribution in [2.75, 3.05) is 0 Å². The van der Waals surface area contributed by atoms with E-state index in [9.17, 15) is 0 Å². The van der Waals surface area contributed by atoms with E-state index in [0.29, 0.717) is 0 Å². The van der Waals surface area contributed by atoms with E-state index in [0.717, 1.165) is 5.56 Å². The normalized spacial score (nSPS) is 11.9.